The van der Waals surface area contributed by atoms with Crippen LogP contribution in [0.3, 0.4) is 0 Å². The fourth-order valence-electron chi connectivity index (χ4n) is 1.42. The molecular formula is C13H20O7. The van der Waals surface area contributed by atoms with Gasteiger partial charge in [-0.25, -0.2) is 0 Å². The summed E-state index contributed by atoms with van der Waals surface area (Å²) in [5.74, 6) is -0.249. The molecule has 0 unspecified atom stereocenters. The molecule has 20 heavy (non-hydrogen) atoms. The predicted octanol–water partition coefficient (Wildman–Crippen LogP) is 1.79. The number of rotatable bonds is 5. The number of methoxy groups -OCH3 is 4. The summed E-state index contributed by atoms with van der Waals surface area (Å²) in [4.78, 5) is 9.00. The Hall–Kier alpha value is -1.99. The SMILES string of the molecule is CC(=O)O.COc1cc(C(OC)OC)cc(OC)c1O. The van der Waals surface area contributed by atoms with Crippen molar-refractivity contribution in [3.63, 3.8) is 0 Å². The topological polar surface area (TPSA) is 94.5 Å². The van der Waals surface area contributed by atoms with Gasteiger partial charge in [0, 0.05) is 26.7 Å². The number of aliphatic carboxylic acids is 1. The van der Waals surface area contributed by atoms with E-state index in [1.165, 1.54) is 28.4 Å². The van der Waals surface area contributed by atoms with Crippen molar-refractivity contribution in [1.29, 1.82) is 0 Å². The molecule has 1 aromatic carbocycles. The standard InChI is InChI=1S/C11H16O5.C2H4O2/c1-13-8-5-7(11(15-3)16-4)6-9(14-2)10(8)12;1-2(3)4/h5-6,11-12H,1-4H3;1H3,(H,3,4). The number of carboxylic acids is 1. The number of phenolic OH excluding ortho intramolecular Hbond substituents is 1. The summed E-state index contributed by atoms with van der Waals surface area (Å²) in [5, 5.41) is 17.1. The molecule has 0 atom stereocenters. The van der Waals surface area contributed by atoms with Crippen LogP contribution in [0.15, 0.2) is 12.1 Å². The van der Waals surface area contributed by atoms with E-state index in [1.54, 1.807) is 12.1 Å². The Morgan fingerprint density at radius 1 is 1.05 bits per heavy atom. The van der Waals surface area contributed by atoms with Crippen LogP contribution in [0.5, 0.6) is 17.2 Å². The Morgan fingerprint density at radius 2 is 1.40 bits per heavy atom. The first-order chi connectivity index (χ1) is 9.40. The number of aromatic hydroxyl groups is 1. The van der Waals surface area contributed by atoms with Crippen molar-refractivity contribution in [3.05, 3.63) is 17.7 Å². The largest absolute Gasteiger partial charge is 0.502 e. The molecule has 0 amide bonds. The van der Waals surface area contributed by atoms with Crippen LogP contribution in [0.25, 0.3) is 0 Å². The minimum absolute atomic E-state index is 0.0419. The highest BCUT2D eigenvalue weighted by molar-refractivity contribution is 5.62. The van der Waals surface area contributed by atoms with Crippen LogP contribution in [0.1, 0.15) is 18.8 Å². The molecule has 0 radical (unpaired) electrons. The van der Waals surface area contributed by atoms with Crippen LogP contribution in [0.4, 0.5) is 0 Å². The summed E-state index contributed by atoms with van der Waals surface area (Å²) in [6.45, 7) is 1.08. The fourth-order valence-corrected chi connectivity index (χ4v) is 1.42. The molecular weight excluding hydrogens is 268 g/mol. The van der Waals surface area contributed by atoms with Crippen molar-refractivity contribution in [2.24, 2.45) is 0 Å². The highest BCUT2D eigenvalue weighted by Crippen LogP contribution is 2.39. The van der Waals surface area contributed by atoms with Gasteiger partial charge in [-0.3, -0.25) is 4.79 Å². The van der Waals surface area contributed by atoms with Gasteiger partial charge in [-0.2, -0.15) is 0 Å². The number of phenols is 1. The van der Waals surface area contributed by atoms with Gasteiger partial charge in [-0.1, -0.05) is 0 Å². The second-order valence-corrected chi connectivity index (χ2v) is 3.60. The molecule has 0 aliphatic heterocycles. The van der Waals surface area contributed by atoms with Crippen LogP contribution in [0, 0.1) is 0 Å². The van der Waals surface area contributed by atoms with Crippen LogP contribution in [-0.4, -0.2) is 44.6 Å². The molecule has 0 heterocycles. The van der Waals surface area contributed by atoms with E-state index in [4.69, 9.17) is 28.8 Å². The van der Waals surface area contributed by atoms with E-state index in [1.807, 2.05) is 0 Å². The zero-order valence-corrected chi connectivity index (χ0v) is 12.2. The lowest BCUT2D eigenvalue weighted by Gasteiger charge is -2.16. The molecule has 0 saturated carbocycles. The van der Waals surface area contributed by atoms with Gasteiger partial charge in [-0.05, 0) is 12.1 Å². The maximum atomic E-state index is 9.71. The molecule has 1 aromatic rings. The van der Waals surface area contributed by atoms with Crippen molar-refractivity contribution in [2.75, 3.05) is 28.4 Å². The quantitative estimate of drug-likeness (QED) is 0.797. The van der Waals surface area contributed by atoms with E-state index in [0.29, 0.717) is 17.1 Å². The van der Waals surface area contributed by atoms with Crippen LogP contribution in [0.2, 0.25) is 0 Å². The van der Waals surface area contributed by atoms with Crippen LogP contribution in [-0.2, 0) is 14.3 Å². The molecule has 0 aliphatic rings. The van der Waals surface area contributed by atoms with Crippen molar-refractivity contribution < 1.29 is 34.0 Å². The number of carboxylic acid groups (broad SMARTS) is 1. The third-order valence-corrected chi connectivity index (χ3v) is 2.20. The van der Waals surface area contributed by atoms with Gasteiger partial charge in [0.25, 0.3) is 5.97 Å². The number of benzene rings is 1. The van der Waals surface area contributed by atoms with Gasteiger partial charge in [0.15, 0.2) is 17.8 Å². The Balaban J connectivity index is 0.000000796. The minimum Gasteiger partial charge on any atom is -0.502 e. The van der Waals surface area contributed by atoms with E-state index >= 15 is 0 Å². The maximum absolute atomic E-state index is 9.71. The predicted molar refractivity (Wildman–Crippen MR) is 71.3 cm³/mol. The third kappa shape index (κ3) is 5.33. The highest BCUT2D eigenvalue weighted by Gasteiger charge is 2.16. The number of ether oxygens (including phenoxy) is 4. The van der Waals surface area contributed by atoms with Gasteiger partial charge < -0.3 is 29.2 Å². The lowest BCUT2D eigenvalue weighted by atomic mass is 10.1. The monoisotopic (exact) mass is 288 g/mol. The third-order valence-electron chi connectivity index (χ3n) is 2.20. The second-order valence-electron chi connectivity index (χ2n) is 3.60. The average Bonchev–Trinajstić information content (AvgIpc) is 2.40. The number of hydrogen-bond donors (Lipinski definition) is 2. The molecule has 7 nitrogen and oxygen atoms in total. The summed E-state index contributed by atoms with van der Waals surface area (Å²) >= 11 is 0. The first-order valence-electron chi connectivity index (χ1n) is 5.61. The van der Waals surface area contributed by atoms with Crippen molar-refractivity contribution in [2.45, 2.75) is 13.2 Å². The van der Waals surface area contributed by atoms with Crippen molar-refractivity contribution in [3.8, 4) is 17.2 Å². The first-order valence-corrected chi connectivity index (χ1v) is 5.61. The van der Waals surface area contributed by atoms with Gasteiger partial charge in [-0.15, -0.1) is 0 Å². The summed E-state index contributed by atoms with van der Waals surface area (Å²) < 4.78 is 20.3. The fraction of sp³-hybridized carbons (Fsp3) is 0.462. The van der Waals surface area contributed by atoms with Gasteiger partial charge in [0.05, 0.1) is 14.2 Å². The van der Waals surface area contributed by atoms with E-state index in [9.17, 15) is 5.11 Å². The van der Waals surface area contributed by atoms with E-state index in [2.05, 4.69) is 0 Å². The van der Waals surface area contributed by atoms with Crippen LogP contribution >= 0.6 is 0 Å². The summed E-state index contributed by atoms with van der Waals surface area (Å²) in [6, 6.07) is 3.27. The smallest absolute Gasteiger partial charge is 0.300 e. The number of hydrogen-bond acceptors (Lipinski definition) is 6. The normalized spacial score (nSPS) is 9.70. The van der Waals surface area contributed by atoms with Gasteiger partial charge in [0.2, 0.25) is 5.75 Å². The summed E-state index contributed by atoms with van der Waals surface area (Å²) in [7, 11) is 5.99. The Morgan fingerprint density at radius 3 is 1.65 bits per heavy atom. The maximum Gasteiger partial charge on any atom is 0.300 e. The lowest BCUT2D eigenvalue weighted by Crippen LogP contribution is -2.04. The van der Waals surface area contributed by atoms with Crippen molar-refractivity contribution in [1.82, 2.24) is 0 Å². The second kappa shape index (κ2) is 9.00. The van der Waals surface area contributed by atoms with Crippen molar-refractivity contribution >= 4 is 5.97 Å². The van der Waals surface area contributed by atoms with E-state index in [0.717, 1.165) is 6.92 Å². The molecule has 7 heteroatoms. The Labute approximate surface area is 117 Å². The summed E-state index contributed by atoms with van der Waals surface area (Å²) in [6.07, 6.45) is -0.525. The zero-order chi connectivity index (χ0) is 15.7. The zero-order valence-electron chi connectivity index (χ0n) is 12.2. The lowest BCUT2D eigenvalue weighted by molar-refractivity contribution is -0.134. The number of carbonyl (C=O) groups is 1. The Bertz CT molecular complexity index is 398. The molecule has 0 aromatic heterocycles. The molecule has 0 saturated heterocycles. The molecule has 0 bridgehead atoms. The minimum atomic E-state index is -0.833. The first kappa shape index (κ1) is 18.0. The molecule has 0 aliphatic carbocycles. The summed E-state index contributed by atoms with van der Waals surface area (Å²) in [5.41, 5.74) is 0.705. The average molecular weight is 288 g/mol. The van der Waals surface area contributed by atoms with Crippen LogP contribution < -0.4 is 9.47 Å². The molecule has 2 N–H and O–H groups in total. The molecule has 114 valence electrons. The van der Waals surface area contributed by atoms with Gasteiger partial charge in [0.1, 0.15) is 0 Å². The van der Waals surface area contributed by atoms with Gasteiger partial charge >= 0.3 is 0 Å². The molecule has 0 spiro atoms. The highest BCUT2D eigenvalue weighted by atomic mass is 16.7. The molecule has 1 rings (SSSR count). The van der Waals surface area contributed by atoms with E-state index < -0.39 is 12.3 Å². The van der Waals surface area contributed by atoms with E-state index in [-0.39, 0.29) is 5.75 Å². The molecule has 0 fully saturated rings. The Kier molecular flexibility index (Phi) is 8.10.